The Morgan fingerprint density at radius 2 is 2.05 bits per heavy atom. The molecule has 1 atom stereocenters. The molecule has 0 spiro atoms. The van der Waals surface area contributed by atoms with Gasteiger partial charge in [-0.15, -0.1) is 0 Å². The molecular formula is C15H22FNO2. The number of benzene rings is 1. The molecule has 106 valence electrons. The van der Waals surface area contributed by atoms with Gasteiger partial charge in [0.2, 0.25) is 0 Å². The number of aliphatic hydroxyl groups excluding tert-OH is 2. The Hall–Kier alpha value is -0.970. The van der Waals surface area contributed by atoms with Gasteiger partial charge in [-0.25, -0.2) is 4.39 Å². The third-order valence-electron chi connectivity index (χ3n) is 4.16. The maximum absolute atomic E-state index is 13.5. The smallest absolute Gasteiger partial charge is 0.129 e. The van der Waals surface area contributed by atoms with Gasteiger partial charge in [-0.05, 0) is 30.7 Å². The lowest BCUT2D eigenvalue weighted by molar-refractivity contribution is 0.0792. The molecule has 2 rings (SSSR count). The molecule has 0 radical (unpaired) electrons. The molecule has 1 aromatic rings. The van der Waals surface area contributed by atoms with Crippen LogP contribution < -0.4 is 5.32 Å². The van der Waals surface area contributed by atoms with Crippen molar-refractivity contribution < 1.29 is 14.6 Å². The Morgan fingerprint density at radius 3 is 2.63 bits per heavy atom. The van der Waals surface area contributed by atoms with Crippen LogP contribution in [0.1, 0.15) is 37.4 Å². The van der Waals surface area contributed by atoms with Crippen molar-refractivity contribution in [2.45, 2.75) is 31.8 Å². The Balaban J connectivity index is 1.81. The molecule has 0 heterocycles. The number of nitrogens with one attached hydrogen (secondary N) is 1. The fraction of sp³-hybridized carbons (Fsp3) is 0.600. The summed E-state index contributed by atoms with van der Waals surface area (Å²) in [6.07, 6.45) is 3.42. The van der Waals surface area contributed by atoms with Gasteiger partial charge in [0.25, 0.3) is 0 Å². The molecule has 1 aromatic carbocycles. The maximum Gasteiger partial charge on any atom is 0.129 e. The van der Waals surface area contributed by atoms with E-state index in [0.29, 0.717) is 12.1 Å². The minimum Gasteiger partial charge on any atom is -0.396 e. The zero-order chi connectivity index (χ0) is 13.7. The van der Waals surface area contributed by atoms with Crippen molar-refractivity contribution in [2.24, 2.45) is 5.41 Å². The first-order chi connectivity index (χ1) is 9.17. The second-order valence-corrected chi connectivity index (χ2v) is 5.50. The fourth-order valence-electron chi connectivity index (χ4n) is 2.76. The van der Waals surface area contributed by atoms with E-state index in [1.807, 2.05) is 0 Å². The Labute approximate surface area is 113 Å². The van der Waals surface area contributed by atoms with Crippen LogP contribution in [0.2, 0.25) is 0 Å². The molecule has 3 nitrogen and oxygen atoms in total. The molecule has 1 saturated carbocycles. The van der Waals surface area contributed by atoms with E-state index in [2.05, 4.69) is 5.32 Å². The first kappa shape index (κ1) is 14.4. The van der Waals surface area contributed by atoms with Crippen LogP contribution in [-0.2, 0) is 0 Å². The summed E-state index contributed by atoms with van der Waals surface area (Å²) in [5.41, 5.74) is 0.517. The molecule has 19 heavy (non-hydrogen) atoms. The molecule has 0 aromatic heterocycles. The molecule has 0 saturated heterocycles. The van der Waals surface area contributed by atoms with Crippen molar-refractivity contribution >= 4 is 0 Å². The van der Waals surface area contributed by atoms with E-state index in [1.165, 1.54) is 12.5 Å². The monoisotopic (exact) mass is 267 g/mol. The summed E-state index contributed by atoms with van der Waals surface area (Å²) in [7, 11) is 0. The van der Waals surface area contributed by atoms with Crippen molar-refractivity contribution in [3.05, 3.63) is 35.6 Å². The van der Waals surface area contributed by atoms with E-state index < -0.39 is 6.10 Å². The van der Waals surface area contributed by atoms with Crippen LogP contribution >= 0.6 is 0 Å². The second kappa shape index (κ2) is 6.46. The first-order valence-corrected chi connectivity index (χ1v) is 6.91. The number of hydrogen-bond donors (Lipinski definition) is 3. The average Bonchev–Trinajstić information content (AvgIpc) is 2.36. The van der Waals surface area contributed by atoms with Crippen molar-refractivity contribution in [2.75, 3.05) is 19.7 Å². The van der Waals surface area contributed by atoms with E-state index in [0.717, 1.165) is 25.8 Å². The highest BCUT2D eigenvalue weighted by Crippen LogP contribution is 2.43. The van der Waals surface area contributed by atoms with Gasteiger partial charge in [-0.3, -0.25) is 0 Å². The summed E-state index contributed by atoms with van der Waals surface area (Å²) in [6, 6.07) is 6.30. The summed E-state index contributed by atoms with van der Waals surface area (Å²) in [6.45, 7) is 1.32. The Morgan fingerprint density at radius 1 is 1.32 bits per heavy atom. The molecule has 1 fully saturated rings. The molecule has 0 amide bonds. The quantitative estimate of drug-likeness (QED) is 0.708. The molecule has 0 bridgehead atoms. The molecule has 1 aliphatic carbocycles. The lowest BCUT2D eigenvalue weighted by atomic mass is 9.67. The normalized spacial score (nSPS) is 18.9. The highest BCUT2D eigenvalue weighted by molar-refractivity contribution is 5.19. The minimum absolute atomic E-state index is 0.184. The van der Waals surface area contributed by atoms with Gasteiger partial charge in [-0.2, -0.15) is 0 Å². The second-order valence-electron chi connectivity index (χ2n) is 5.50. The highest BCUT2D eigenvalue weighted by Gasteiger charge is 2.35. The van der Waals surface area contributed by atoms with Gasteiger partial charge in [0.1, 0.15) is 5.82 Å². The molecule has 4 heteroatoms. The third kappa shape index (κ3) is 3.53. The Bertz CT molecular complexity index is 407. The maximum atomic E-state index is 13.5. The fourth-order valence-corrected chi connectivity index (χ4v) is 2.76. The topological polar surface area (TPSA) is 52.5 Å². The molecular weight excluding hydrogens is 245 g/mol. The summed E-state index contributed by atoms with van der Waals surface area (Å²) < 4.78 is 13.5. The number of rotatable bonds is 7. The molecule has 1 aliphatic rings. The van der Waals surface area contributed by atoms with Crippen LogP contribution in [0.25, 0.3) is 0 Å². The number of aliphatic hydroxyl groups is 2. The number of hydrogen-bond acceptors (Lipinski definition) is 3. The van der Waals surface area contributed by atoms with Gasteiger partial charge >= 0.3 is 0 Å². The van der Waals surface area contributed by atoms with Crippen LogP contribution in [-0.4, -0.2) is 29.9 Å². The van der Waals surface area contributed by atoms with E-state index >= 15 is 0 Å². The van der Waals surface area contributed by atoms with E-state index in [-0.39, 0.29) is 17.8 Å². The van der Waals surface area contributed by atoms with E-state index in [9.17, 15) is 9.50 Å². The lowest BCUT2D eigenvalue weighted by Crippen LogP contribution is -2.41. The van der Waals surface area contributed by atoms with Gasteiger partial charge in [-0.1, -0.05) is 24.6 Å². The van der Waals surface area contributed by atoms with Gasteiger partial charge in [0.05, 0.1) is 6.10 Å². The van der Waals surface area contributed by atoms with Crippen molar-refractivity contribution in [3.63, 3.8) is 0 Å². The molecule has 1 unspecified atom stereocenters. The van der Waals surface area contributed by atoms with Crippen LogP contribution in [0.5, 0.6) is 0 Å². The third-order valence-corrected chi connectivity index (χ3v) is 4.16. The summed E-state index contributed by atoms with van der Waals surface area (Å²) in [5.74, 6) is -0.370. The molecule has 0 aliphatic heterocycles. The largest absolute Gasteiger partial charge is 0.396 e. The lowest BCUT2D eigenvalue weighted by Gasteiger charge is -2.42. The van der Waals surface area contributed by atoms with Crippen molar-refractivity contribution in [1.82, 2.24) is 5.32 Å². The minimum atomic E-state index is -0.826. The summed E-state index contributed by atoms with van der Waals surface area (Å²) >= 11 is 0. The standard InChI is InChI=1S/C15H22FNO2/c16-13-5-2-1-4-12(13)14(19)10-17-11-15(8-9-18)6-3-7-15/h1-2,4-5,14,17-19H,3,6-11H2. The SMILES string of the molecule is OCCC1(CNCC(O)c2ccccc2F)CCC1. The predicted molar refractivity (Wildman–Crippen MR) is 72.2 cm³/mol. The van der Waals surface area contributed by atoms with Gasteiger partial charge in [0.15, 0.2) is 0 Å². The van der Waals surface area contributed by atoms with Gasteiger partial charge in [0, 0.05) is 25.3 Å². The summed E-state index contributed by atoms with van der Waals surface area (Å²) in [5, 5.41) is 22.2. The zero-order valence-electron chi connectivity index (χ0n) is 11.1. The first-order valence-electron chi connectivity index (χ1n) is 6.91. The summed E-state index contributed by atoms with van der Waals surface area (Å²) in [4.78, 5) is 0. The zero-order valence-corrected chi connectivity index (χ0v) is 11.1. The van der Waals surface area contributed by atoms with Crippen LogP contribution in [0.4, 0.5) is 4.39 Å². The van der Waals surface area contributed by atoms with Crippen molar-refractivity contribution in [1.29, 1.82) is 0 Å². The van der Waals surface area contributed by atoms with E-state index in [4.69, 9.17) is 5.11 Å². The van der Waals surface area contributed by atoms with Crippen LogP contribution in [0.15, 0.2) is 24.3 Å². The van der Waals surface area contributed by atoms with Crippen LogP contribution in [0, 0.1) is 11.2 Å². The van der Waals surface area contributed by atoms with Gasteiger partial charge < -0.3 is 15.5 Å². The Kier molecular flexibility index (Phi) is 4.91. The van der Waals surface area contributed by atoms with Crippen LogP contribution in [0.3, 0.4) is 0 Å². The predicted octanol–water partition coefficient (Wildman–Crippen LogP) is 2.00. The van der Waals surface area contributed by atoms with Crippen molar-refractivity contribution in [3.8, 4) is 0 Å². The molecule has 3 N–H and O–H groups in total. The number of halogens is 1. The average molecular weight is 267 g/mol. The van der Waals surface area contributed by atoms with E-state index in [1.54, 1.807) is 18.2 Å². The highest BCUT2D eigenvalue weighted by atomic mass is 19.1.